The highest BCUT2D eigenvalue weighted by atomic mass is 16.6. The number of ether oxygens (including phenoxy) is 1. The van der Waals surface area contributed by atoms with Crippen molar-refractivity contribution in [1.29, 1.82) is 0 Å². The molecule has 0 radical (unpaired) electrons. The van der Waals surface area contributed by atoms with Crippen LogP contribution in [0.5, 0.6) is 0 Å². The Labute approximate surface area is 139 Å². The molecule has 6 N–H and O–H groups in total. The van der Waals surface area contributed by atoms with Crippen LogP contribution in [0.1, 0.15) is 12.6 Å². The molecule has 0 spiro atoms. The number of aliphatic hydroxyl groups is 2. The quantitative estimate of drug-likeness (QED) is 0.484. The number of hydrogen-bond donors (Lipinski definition) is 4. The Kier molecular flexibility index (Phi) is 4.92. The van der Waals surface area contributed by atoms with Gasteiger partial charge in [0.25, 0.3) is 0 Å². The molecule has 132 valence electrons. The summed E-state index contributed by atoms with van der Waals surface area (Å²) in [5.41, 5.74) is 12.2. The monoisotopic (exact) mass is 337 g/mol. The van der Waals surface area contributed by atoms with E-state index < -0.39 is 24.5 Å². The first-order valence-corrected chi connectivity index (χ1v) is 7.86. The van der Waals surface area contributed by atoms with E-state index >= 15 is 0 Å². The zero-order valence-electron chi connectivity index (χ0n) is 13.5. The lowest BCUT2D eigenvalue weighted by molar-refractivity contribution is -0.0421. The highest BCUT2D eigenvalue weighted by Crippen LogP contribution is 2.32. The summed E-state index contributed by atoms with van der Waals surface area (Å²) < 4.78 is 7.45. The van der Waals surface area contributed by atoms with E-state index in [2.05, 4.69) is 15.0 Å². The number of imidazole rings is 1. The van der Waals surface area contributed by atoms with E-state index in [0.717, 1.165) is 13.0 Å². The van der Waals surface area contributed by atoms with E-state index in [4.69, 9.17) is 16.2 Å². The molecule has 1 fully saturated rings. The summed E-state index contributed by atoms with van der Waals surface area (Å²) in [5.74, 6) is 0.254. The zero-order valence-corrected chi connectivity index (χ0v) is 13.5. The van der Waals surface area contributed by atoms with Gasteiger partial charge in [0, 0.05) is 6.54 Å². The van der Waals surface area contributed by atoms with Crippen molar-refractivity contribution in [3.8, 4) is 0 Å². The van der Waals surface area contributed by atoms with E-state index in [-0.39, 0.29) is 5.82 Å². The molecule has 0 aromatic carbocycles. The Balaban J connectivity index is 1.78. The third-order valence-corrected chi connectivity index (χ3v) is 4.23. The lowest BCUT2D eigenvalue weighted by Crippen LogP contribution is -2.39. The van der Waals surface area contributed by atoms with E-state index in [9.17, 15) is 10.2 Å². The van der Waals surface area contributed by atoms with Gasteiger partial charge in [-0.3, -0.25) is 4.57 Å². The van der Waals surface area contributed by atoms with E-state index in [1.54, 1.807) is 4.57 Å². The van der Waals surface area contributed by atoms with Gasteiger partial charge in [0.15, 0.2) is 17.7 Å². The Morgan fingerprint density at radius 1 is 1.29 bits per heavy atom. The molecule has 10 nitrogen and oxygen atoms in total. The number of aliphatic hydroxyl groups excluding tert-OH is 2. The number of nitrogens with zero attached hydrogens (tertiary/aromatic N) is 5. The normalized spacial score (nSPS) is 27.4. The molecule has 0 bridgehead atoms. The number of nitrogens with two attached hydrogens (primary N) is 2. The summed E-state index contributed by atoms with van der Waals surface area (Å²) in [6.07, 6.45) is 0.256. The van der Waals surface area contributed by atoms with Crippen LogP contribution in [0, 0.1) is 0 Å². The molecule has 24 heavy (non-hydrogen) atoms. The van der Waals surface area contributed by atoms with E-state index in [0.29, 0.717) is 24.3 Å². The molecule has 2 aromatic heterocycles. The highest BCUT2D eigenvalue weighted by Gasteiger charge is 2.44. The summed E-state index contributed by atoms with van der Waals surface area (Å²) in [6, 6.07) is 0. The number of nitrogen functional groups attached to an aromatic ring is 1. The average Bonchev–Trinajstić information content (AvgIpc) is 3.10. The van der Waals surface area contributed by atoms with Crippen molar-refractivity contribution < 1.29 is 14.9 Å². The van der Waals surface area contributed by atoms with E-state index in [1.165, 1.54) is 12.7 Å². The zero-order chi connectivity index (χ0) is 17.3. The average molecular weight is 337 g/mol. The van der Waals surface area contributed by atoms with Crippen LogP contribution in [0.4, 0.5) is 5.82 Å². The maximum absolute atomic E-state index is 10.4. The molecule has 10 heteroatoms. The third-order valence-electron chi connectivity index (χ3n) is 4.23. The first-order chi connectivity index (χ1) is 11.5. The van der Waals surface area contributed by atoms with Crippen molar-refractivity contribution in [2.75, 3.05) is 32.4 Å². The van der Waals surface area contributed by atoms with Crippen molar-refractivity contribution in [3.05, 3.63) is 12.7 Å². The van der Waals surface area contributed by atoms with Gasteiger partial charge < -0.3 is 31.3 Å². The lowest BCUT2D eigenvalue weighted by Gasteiger charge is -2.22. The van der Waals surface area contributed by atoms with Gasteiger partial charge in [-0.25, -0.2) is 15.0 Å². The van der Waals surface area contributed by atoms with Gasteiger partial charge in [-0.05, 0) is 26.6 Å². The molecule has 3 heterocycles. The van der Waals surface area contributed by atoms with Crippen molar-refractivity contribution in [2.45, 2.75) is 31.0 Å². The van der Waals surface area contributed by atoms with Gasteiger partial charge in [-0.15, -0.1) is 0 Å². The predicted octanol–water partition coefficient (Wildman–Crippen LogP) is -1.69. The van der Waals surface area contributed by atoms with Crippen LogP contribution >= 0.6 is 0 Å². The Morgan fingerprint density at radius 3 is 2.83 bits per heavy atom. The standard InChI is InChI=1S/C14H23N7O3/c1-20(4-2-3-15)5-8-10(22)11(23)14(24-8)21-7-19-9-12(16)17-6-18-13(9)21/h6-8,10-11,14,22-23H,2-5,15H2,1H3,(H2,16,17,18)/t8-,10?,11?,14-/m1/s1. The molecule has 3 rings (SSSR count). The molecule has 0 aliphatic carbocycles. The Hall–Kier alpha value is -1.85. The second kappa shape index (κ2) is 6.95. The minimum absolute atomic E-state index is 0.254. The molecule has 0 saturated carbocycles. The number of anilines is 1. The number of likely N-dealkylation sites (N-methyl/N-ethyl adjacent to an activating group) is 1. The molecule has 2 unspecified atom stereocenters. The van der Waals surface area contributed by atoms with Crippen molar-refractivity contribution in [1.82, 2.24) is 24.4 Å². The van der Waals surface area contributed by atoms with Gasteiger partial charge in [-0.2, -0.15) is 0 Å². The molecule has 2 aromatic rings. The van der Waals surface area contributed by atoms with Crippen molar-refractivity contribution in [3.63, 3.8) is 0 Å². The molecule has 1 aliphatic heterocycles. The van der Waals surface area contributed by atoms with Crippen LogP contribution in [0.3, 0.4) is 0 Å². The van der Waals surface area contributed by atoms with Crippen LogP contribution in [0.2, 0.25) is 0 Å². The fourth-order valence-electron chi connectivity index (χ4n) is 2.93. The maximum atomic E-state index is 10.4. The minimum Gasteiger partial charge on any atom is -0.387 e. The maximum Gasteiger partial charge on any atom is 0.167 e. The van der Waals surface area contributed by atoms with Crippen LogP contribution < -0.4 is 11.5 Å². The van der Waals surface area contributed by atoms with Crippen molar-refractivity contribution in [2.24, 2.45) is 5.73 Å². The minimum atomic E-state index is -1.09. The topological polar surface area (TPSA) is 149 Å². The summed E-state index contributed by atoms with van der Waals surface area (Å²) in [6.45, 7) is 1.88. The predicted molar refractivity (Wildman–Crippen MR) is 86.8 cm³/mol. The third kappa shape index (κ3) is 3.06. The van der Waals surface area contributed by atoms with Gasteiger partial charge in [0.2, 0.25) is 0 Å². The van der Waals surface area contributed by atoms with Crippen LogP contribution in [-0.2, 0) is 4.74 Å². The smallest absolute Gasteiger partial charge is 0.167 e. The van der Waals surface area contributed by atoms with Gasteiger partial charge in [-0.1, -0.05) is 0 Å². The summed E-state index contributed by atoms with van der Waals surface area (Å²) in [5, 5.41) is 20.7. The second-order valence-corrected chi connectivity index (χ2v) is 6.03. The fourth-order valence-corrected chi connectivity index (χ4v) is 2.93. The molecule has 1 aliphatic rings. The molecular weight excluding hydrogens is 314 g/mol. The highest BCUT2D eigenvalue weighted by molar-refractivity contribution is 5.81. The number of aromatic nitrogens is 4. The molecular formula is C14H23N7O3. The van der Waals surface area contributed by atoms with E-state index in [1.807, 2.05) is 11.9 Å². The Bertz CT molecular complexity index is 694. The van der Waals surface area contributed by atoms with Crippen LogP contribution in [-0.4, -0.2) is 79.6 Å². The summed E-state index contributed by atoms with van der Waals surface area (Å²) in [7, 11) is 1.92. The van der Waals surface area contributed by atoms with Crippen LogP contribution in [0.15, 0.2) is 12.7 Å². The summed E-state index contributed by atoms with van der Waals surface area (Å²) >= 11 is 0. The van der Waals surface area contributed by atoms with Gasteiger partial charge >= 0.3 is 0 Å². The Morgan fingerprint density at radius 2 is 2.08 bits per heavy atom. The first-order valence-electron chi connectivity index (χ1n) is 7.86. The SMILES string of the molecule is CN(CCCN)C[C@H]1O[C@@H](n2cnc3c(N)ncnc32)C(O)C1O. The molecule has 4 atom stereocenters. The van der Waals surface area contributed by atoms with Crippen LogP contribution in [0.25, 0.3) is 11.2 Å². The fraction of sp³-hybridized carbons (Fsp3) is 0.643. The summed E-state index contributed by atoms with van der Waals surface area (Å²) in [4.78, 5) is 14.2. The van der Waals surface area contributed by atoms with Gasteiger partial charge in [0.1, 0.15) is 30.2 Å². The number of rotatable bonds is 6. The largest absolute Gasteiger partial charge is 0.387 e. The molecule has 0 amide bonds. The first kappa shape index (κ1) is 17.0. The van der Waals surface area contributed by atoms with Gasteiger partial charge in [0.05, 0.1) is 6.33 Å². The number of hydrogen-bond acceptors (Lipinski definition) is 9. The van der Waals surface area contributed by atoms with Crippen molar-refractivity contribution >= 4 is 17.0 Å². The number of fused-ring (bicyclic) bond motifs is 1. The molecule has 1 saturated heterocycles. The second-order valence-electron chi connectivity index (χ2n) is 6.03. The lowest BCUT2D eigenvalue weighted by atomic mass is 10.1.